The van der Waals surface area contributed by atoms with E-state index in [0.717, 1.165) is 16.5 Å². The molecule has 0 atom stereocenters. The van der Waals surface area contributed by atoms with Crippen molar-refractivity contribution in [3.8, 4) is 11.5 Å². The van der Waals surface area contributed by atoms with E-state index < -0.39 is 5.60 Å². The Morgan fingerprint density at radius 2 is 1.94 bits per heavy atom. The van der Waals surface area contributed by atoms with Crippen LogP contribution in [0.5, 0.6) is 11.5 Å². The maximum Gasteiger partial charge on any atom is 0.410 e. The molecule has 0 unspecified atom stereocenters. The number of Topliss-reactive ketones (excluding diaryl/α,β-unsaturated/α-hetero) is 1. The molecule has 3 aromatic rings. The predicted octanol–water partition coefficient (Wildman–Crippen LogP) is 5.20. The molecule has 0 saturated carbocycles. The summed E-state index contributed by atoms with van der Waals surface area (Å²) in [5, 5.41) is 11.8. The first-order chi connectivity index (χ1) is 17.1. The van der Waals surface area contributed by atoms with Gasteiger partial charge in [-0.25, -0.2) is 4.79 Å². The Morgan fingerprint density at radius 3 is 2.67 bits per heavy atom. The molecule has 2 N–H and O–H groups in total. The van der Waals surface area contributed by atoms with Crippen LogP contribution < -0.4 is 4.74 Å². The Bertz CT molecular complexity index is 1380. The number of phenols is 1. The molecule has 1 aromatic heterocycles. The second-order valence-corrected chi connectivity index (χ2v) is 10.4. The molecular formula is C27H28ClN3O5. The first-order valence-corrected chi connectivity index (χ1v) is 12.2. The third-order valence-electron chi connectivity index (χ3n) is 6.30. The Labute approximate surface area is 214 Å². The lowest BCUT2D eigenvalue weighted by molar-refractivity contribution is 0.0138. The molecule has 1 saturated heterocycles. The van der Waals surface area contributed by atoms with Gasteiger partial charge in [0, 0.05) is 55.4 Å². The number of carbonyl (C=O) groups excluding carboxylic acids is 2. The minimum absolute atomic E-state index is 0.0986. The van der Waals surface area contributed by atoms with Gasteiger partial charge in [0.15, 0.2) is 5.76 Å². The molecule has 8 nitrogen and oxygen atoms in total. The van der Waals surface area contributed by atoms with Crippen molar-refractivity contribution in [3.05, 3.63) is 64.0 Å². The summed E-state index contributed by atoms with van der Waals surface area (Å²) in [5.74, 6) is 0.106. The van der Waals surface area contributed by atoms with Crippen LogP contribution in [0.15, 0.2) is 42.3 Å². The highest BCUT2D eigenvalue weighted by Crippen LogP contribution is 2.44. The molecule has 0 bridgehead atoms. The second kappa shape index (κ2) is 9.19. The van der Waals surface area contributed by atoms with Gasteiger partial charge in [-0.05, 0) is 39.0 Å². The molecule has 1 fully saturated rings. The number of hydrogen-bond donors (Lipinski definition) is 2. The molecule has 2 aliphatic rings. The van der Waals surface area contributed by atoms with Crippen LogP contribution in [-0.4, -0.2) is 63.5 Å². The highest BCUT2D eigenvalue weighted by atomic mass is 35.5. The molecule has 9 heteroatoms. The number of ketones is 1. The number of carbonyl (C=O) groups is 2. The number of piperazine rings is 1. The Kier molecular flexibility index (Phi) is 6.18. The van der Waals surface area contributed by atoms with Gasteiger partial charge >= 0.3 is 6.09 Å². The summed E-state index contributed by atoms with van der Waals surface area (Å²) in [6.07, 6.45) is 3.19. The van der Waals surface area contributed by atoms with E-state index in [-0.39, 0.29) is 28.4 Å². The first kappa shape index (κ1) is 24.2. The summed E-state index contributed by atoms with van der Waals surface area (Å²) in [5.41, 5.74) is 2.02. The third-order valence-corrected chi connectivity index (χ3v) is 6.58. The van der Waals surface area contributed by atoms with E-state index in [4.69, 9.17) is 21.1 Å². The van der Waals surface area contributed by atoms with Crippen LogP contribution in [0, 0.1) is 0 Å². The summed E-state index contributed by atoms with van der Waals surface area (Å²) in [6.45, 7) is 7.97. The van der Waals surface area contributed by atoms with Crippen LogP contribution in [0.1, 0.15) is 42.3 Å². The van der Waals surface area contributed by atoms with Gasteiger partial charge in [-0.2, -0.15) is 0 Å². The van der Waals surface area contributed by atoms with Gasteiger partial charge < -0.3 is 24.5 Å². The van der Waals surface area contributed by atoms with E-state index >= 15 is 0 Å². The number of para-hydroxylation sites is 1. The zero-order valence-corrected chi connectivity index (χ0v) is 21.2. The summed E-state index contributed by atoms with van der Waals surface area (Å²) in [7, 11) is 0. The molecule has 2 aromatic carbocycles. The summed E-state index contributed by atoms with van der Waals surface area (Å²) >= 11 is 6.31. The van der Waals surface area contributed by atoms with E-state index in [9.17, 15) is 14.7 Å². The standard InChI is InChI=1S/C27H28ClN3O5/c1-27(2,3)36-26(34)31-10-8-30(9-11-31)15-19-23(32)20(28)13-18-24(33)22(35-25(18)19)12-16-14-29-21-7-5-4-6-17(16)21/h4-7,12-14,29,32H,8-11,15H2,1-3H3. The quantitative estimate of drug-likeness (QED) is 0.471. The van der Waals surface area contributed by atoms with Crippen molar-refractivity contribution in [1.29, 1.82) is 0 Å². The molecule has 36 heavy (non-hydrogen) atoms. The van der Waals surface area contributed by atoms with Gasteiger partial charge in [-0.15, -0.1) is 0 Å². The van der Waals surface area contributed by atoms with Crippen LogP contribution in [0.4, 0.5) is 4.79 Å². The molecule has 3 heterocycles. The number of aromatic amines is 1. The molecule has 1 amide bonds. The van der Waals surface area contributed by atoms with Crippen molar-refractivity contribution < 1.29 is 24.2 Å². The van der Waals surface area contributed by atoms with Gasteiger partial charge in [0.05, 0.1) is 16.1 Å². The number of nitrogens with zero attached hydrogens (tertiary/aromatic N) is 2. The number of benzene rings is 2. The fourth-order valence-corrected chi connectivity index (χ4v) is 4.71. The minimum atomic E-state index is -0.552. The van der Waals surface area contributed by atoms with Crippen LogP contribution in [0.2, 0.25) is 5.02 Å². The molecule has 0 radical (unpaired) electrons. The number of amides is 1. The zero-order chi connectivity index (χ0) is 25.6. The Morgan fingerprint density at radius 1 is 1.22 bits per heavy atom. The number of allylic oxidation sites excluding steroid dienone is 1. The van der Waals surface area contributed by atoms with E-state index in [1.807, 2.05) is 51.2 Å². The maximum atomic E-state index is 13.2. The number of ether oxygens (including phenoxy) is 2. The number of aromatic hydroxyl groups is 1. The molecule has 0 spiro atoms. The molecular weight excluding hydrogens is 482 g/mol. The topological polar surface area (TPSA) is 95.1 Å². The summed E-state index contributed by atoms with van der Waals surface area (Å²) in [4.78, 5) is 32.5. The number of H-pyrrole nitrogens is 1. The van der Waals surface area contributed by atoms with Gasteiger partial charge in [-0.3, -0.25) is 9.69 Å². The molecule has 0 aliphatic carbocycles. The number of nitrogens with one attached hydrogen (secondary N) is 1. The monoisotopic (exact) mass is 509 g/mol. The van der Waals surface area contributed by atoms with E-state index in [1.54, 1.807) is 11.0 Å². The molecule has 5 rings (SSSR count). The summed E-state index contributed by atoms with van der Waals surface area (Å²) in [6, 6.07) is 9.25. The molecule has 188 valence electrons. The average molecular weight is 510 g/mol. The summed E-state index contributed by atoms with van der Waals surface area (Å²) < 4.78 is 11.5. The smallest absolute Gasteiger partial charge is 0.410 e. The largest absolute Gasteiger partial charge is 0.506 e. The highest BCUT2D eigenvalue weighted by Gasteiger charge is 2.34. The number of fused-ring (bicyclic) bond motifs is 2. The van der Waals surface area contributed by atoms with Crippen LogP contribution in [0.25, 0.3) is 17.0 Å². The van der Waals surface area contributed by atoms with Gasteiger partial charge in [0.1, 0.15) is 17.1 Å². The lowest BCUT2D eigenvalue weighted by atomic mass is 10.0. The van der Waals surface area contributed by atoms with Crippen molar-refractivity contribution in [2.75, 3.05) is 26.2 Å². The van der Waals surface area contributed by atoms with Crippen LogP contribution in [0.3, 0.4) is 0 Å². The Balaban J connectivity index is 1.36. The lowest BCUT2D eigenvalue weighted by Crippen LogP contribution is -2.49. The van der Waals surface area contributed by atoms with Crippen molar-refractivity contribution >= 4 is 40.5 Å². The SMILES string of the molecule is CC(C)(C)OC(=O)N1CCN(Cc2c(O)c(Cl)cc3c2OC(=Cc2c[nH]c4ccccc24)C3=O)CC1. The normalized spacial score (nSPS) is 17.5. The number of hydrogen-bond acceptors (Lipinski definition) is 6. The van der Waals surface area contributed by atoms with Gasteiger partial charge in [0.2, 0.25) is 5.78 Å². The van der Waals surface area contributed by atoms with Crippen molar-refractivity contribution in [2.24, 2.45) is 0 Å². The third kappa shape index (κ3) is 4.66. The number of rotatable bonds is 3. The number of halogens is 1. The first-order valence-electron chi connectivity index (χ1n) is 11.9. The highest BCUT2D eigenvalue weighted by molar-refractivity contribution is 6.33. The average Bonchev–Trinajstić information content (AvgIpc) is 3.38. The fourth-order valence-electron chi connectivity index (χ4n) is 4.48. The van der Waals surface area contributed by atoms with Crippen LogP contribution in [-0.2, 0) is 11.3 Å². The minimum Gasteiger partial charge on any atom is -0.506 e. The van der Waals surface area contributed by atoms with Crippen molar-refractivity contribution in [2.45, 2.75) is 32.9 Å². The number of aromatic nitrogens is 1. The van der Waals surface area contributed by atoms with E-state index in [1.165, 1.54) is 6.07 Å². The van der Waals surface area contributed by atoms with Crippen molar-refractivity contribution in [1.82, 2.24) is 14.8 Å². The van der Waals surface area contributed by atoms with Crippen LogP contribution >= 0.6 is 11.6 Å². The lowest BCUT2D eigenvalue weighted by Gasteiger charge is -2.35. The molecule has 2 aliphatic heterocycles. The van der Waals surface area contributed by atoms with E-state index in [0.29, 0.717) is 49.6 Å². The maximum absolute atomic E-state index is 13.2. The van der Waals surface area contributed by atoms with Gasteiger partial charge in [0.25, 0.3) is 0 Å². The van der Waals surface area contributed by atoms with E-state index in [2.05, 4.69) is 9.88 Å². The van der Waals surface area contributed by atoms with Gasteiger partial charge in [-0.1, -0.05) is 29.8 Å². The van der Waals surface area contributed by atoms with Crippen molar-refractivity contribution in [3.63, 3.8) is 0 Å². The second-order valence-electron chi connectivity index (χ2n) is 10.0. The predicted molar refractivity (Wildman–Crippen MR) is 137 cm³/mol. The zero-order valence-electron chi connectivity index (χ0n) is 20.4. The number of phenolic OH excluding ortho intramolecular Hbond substituents is 1. The Hall–Kier alpha value is -3.49. The fraction of sp³-hybridized carbons (Fsp3) is 0.333.